The van der Waals surface area contributed by atoms with E-state index in [1.165, 1.54) is 6.08 Å². The van der Waals surface area contributed by atoms with E-state index in [4.69, 9.17) is 9.47 Å². The molecule has 0 aliphatic heterocycles. The zero-order chi connectivity index (χ0) is 21.3. The molecule has 0 radical (unpaired) electrons. The molecule has 0 saturated carbocycles. The van der Waals surface area contributed by atoms with Crippen molar-refractivity contribution in [2.45, 2.75) is 26.4 Å². The zero-order valence-corrected chi connectivity index (χ0v) is 16.8. The molecule has 0 aliphatic carbocycles. The normalized spacial score (nSPS) is 11.1. The summed E-state index contributed by atoms with van der Waals surface area (Å²) in [6.07, 6.45) is 1.65. The van der Waals surface area contributed by atoms with Crippen molar-refractivity contribution in [3.05, 3.63) is 72.3 Å². The van der Waals surface area contributed by atoms with Crippen LogP contribution < -0.4 is 5.32 Å². The molecular formula is C23H25NO5. The fourth-order valence-electron chi connectivity index (χ4n) is 2.36. The Morgan fingerprint density at radius 2 is 1.52 bits per heavy atom. The van der Waals surface area contributed by atoms with Crippen molar-refractivity contribution in [1.82, 2.24) is 5.32 Å². The summed E-state index contributed by atoms with van der Waals surface area (Å²) in [5.41, 5.74) is 1.94. The van der Waals surface area contributed by atoms with Crippen LogP contribution in [0.15, 0.2) is 66.7 Å². The number of ether oxygens (including phenoxy) is 2. The summed E-state index contributed by atoms with van der Waals surface area (Å²) in [7, 11) is 0. The number of hydrogen-bond donors (Lipinski definition) is 1. The van der Waals surface area contributed by atoms with E-state index in [0.717, 1.165) is 17.2 Å². The minimum atomic E-state index is -0.662. The minimum absolute atomic E-state index is 0.0254. The van der Waals surface area contributed by atoms with Gasteiger partial charge in [-0.3, -0.25) is 4.79 Å². The van der Waals surface area contributed by atoms with Gasteiger partial charge in [0, 0.05) is 11.6 Å². The van der Waals surface area contributed by atoms with Gasteiger partial charge in [-0.05, 0) is 38.0 Å². The maximum absolute atomic E-state index is 12.2. The molecule has 0 unspecified atom stereocenters. The average molecular weight is 395 g/mol. The van der Waals surface area contributed by atoms with Gasteiger partial charge < -0.3 is 14.8 Å². The van der Waals surface area contributed by atoms with E-state index in [2.05, 4.69) is 5.32 Å². The van der Waals surface area contributed by atoms with Crippen LogP contribution in [-0.2, 0) is 14.3 Å². The summed E-state index contributed by atoms with van der Waals surface area (Å²) in [5, 5.41) is 2.47. The number of ketones is 1. The van der Waals surface area contributed by atoms with E-state index in [9.17, 15) is 14.4 Å². The number of esters is 1. The van der Waals surface area contributed by atoms with Gasteiger partial charge in [-0.25, -0.2) is 9.59 Å². The maximum atomic E-state index is 12.2. The molecule has 2 aromatic carbocycles. The van der Waals surface area contributed by atoms with Gasteiger partial charge in [-0.2, -0.15) is 0 Å². The van der Waals surface area contributed by atoms with E-state index in [-0.39, 0.29) is 18.9 Å². The Labute approximate surface area is 170 Å². The SMILES string of the molecule is CC(C)(C)OC(=O)NCCOC(=O)/C=C/C(=O)c1ccc(-c2ccccc2)cc1. The summed E-state index contributed by atoms with van der Waals surface area (Å²) in [6.45, 7) is 5.35. The lowest BCUT2D eigenvalue weighted by molar-refractivity contribution is -0.137. The molecule has 0 bridgehead atoms. The topological polar surface area (TPSA) is 81.7 Å². The second kappa shape index (κ2) is 10.2. The van der Waals surface area contributed by atoms with Crippen molar-refractivity contribution in [3.63, 3.8) is 0 Å². The third-order valence-corrected chi connectivity index (χ3v) is 3.66. The molecule has 0 fully saturated rings. The molecule has 1 amide bonds. The molecule has 6 nitrogen and oxygen atoms in total. The first-order valence-electron chi connectivity index (χ1n) is 9.26. The van der Waals surface area contributed by atoms with Crippen molar-refractivity contribution in [1.29, 1.82) is 0 Å². The molecule has 0 heterocycles. The fraction of sp³-hybridized carbons (Fsp3) is 0.261. The van der Waals surface area contributed by atoms with Gasteiger partial charge in [-0.15, -0.1) is 0 Å². The standard InChI is InChI=1S/C23H25NO5/c1-23(2,3)29-22(27)24-15-16-28-21(26)14-13-20(25)19-11-9-18(10-12-19)17-7-5-4-6-8-17/h4-14H,15-16H2,1-3H3,(H,24,27)/b14-13+. The number of nitrogens with one attached hydrogen (secondary N) is 1. The highest BCUT2D eigenvalue weighted by atomic mass is 16.6. The van der Waals surface area contributed by atoms with Crippen molar-refractivity contribution < 1.29 is 23.9 Å². The predicted octanol–water partition coefficient (Wildman–Crippen LogP) is 4.16. The first-order valence-corrected chi connectivity index (χ1v) is 9.26. The Morgan fingerprint density at radius 3 is 2.14 bits per heavy atom. The quantitative estimate of drug-likeness (QED) is 0.329. The second-order valence-corrected chi connectivity index (χ2v) is 7.24. The van der Waals surface area contributed by atoms with E-state index >= 15 is 0 Å². The summed E-state index contributed by atoms with van der Waals surface area (Å²) in [6, 6.07) is 17.0. The van der Waals surface area contributed by atoms with Crippen LogP contribution in [0.2, 0.25) is 0 Å². The summed E-state index contributed by atoms with van der Waals surface area (Å²) >= 11 is 0. The number of carbonyl (C=O) groups is 3. The van der Waals surface area contributed by atoms with Crippen molar-refractivity contribution in [3.8, 4) is 11.1 Å². The minimum Gasteiger partial charge on any atom is -0.461 e. The third kappa shape index (κ3) is 8.01. The second-order valence-electron chi connectivity index (χ2n) is 7.24. The molecule has 0 spiro atoms. The van der Waals surface area contributed by atoms with Gasteiger partial charge in [0.25, 0.3) is 0 Å². The number of rotatable bonds is 7. The van der Waals surface area contributed by atoms with Crippen molar-refractivity contribution in [2.75, 3.05) is 13.2 Å². The molecule has 0 aromatic heterocycles. The first-order chi connectivity index (χ1) is 13.7. The van der Waals surface area contributed by atoms with Crippen LogP contribution in [0, 0.1) is 0 Å². The van der Waals surface area contributed by atoms with Crippen LogP contribution in [0.1, 0.15) is 31.1 Å². The van der Waals surface area contributed by atoms with Gasteiger partial charge in [-0.1, -0.05) is 54.6 Å². The molecule has 2 aromatic rings. The molecule has 0 aliphatic rings. The lowest BCUT2D eigenvalue weighted by atomic mass is 10.0. The highest BCUT2D eigenvalue weighted by molar-refractivity contribution is 6.07. The number of hydrogen-bond acceptors (Lipinski definition) is 5. The van der Waals surface area contributed by atoms with Gasteiger partial charge in [0.15, 0.2) is 5.78 Å². The van der Waals surface area contributed by atoms with E-state index in [0.29, 0.717) is 5.56 Å². The summed E-state index contributed by atoms with van der Waals surface area (Å²) in [4.78, 5) is 35.3. The van der Waals surface area contributed by atoms with E-state index in [1.54, 1.807) is 32.9 Å². The Kier molecular flexibility index (Phi) is 7.71. The molecule has 2 rings (SSSR count). The third-order valence-electron chi connectivity index (χ3n) is 3.66. The lowest BCUT2D eigenvalue weighted by Crippen LogP contribution is -2.34. The zero-order valence-electron chi connectivity index (χ0n) is 16.8. The Morgan fingerprint density at radius 1 is 0.897 bits per heavy atom. The molecule has 6 heteroatoms. The van der Waals surface area contributed by atoms with Crippen molar-refractivity contribution >= 4 is 17.8 Å². The Bertz CT molecular complexity index is 864. The van der Waals surface area contributed by atoms with Crippen LogP contribution >= 0.6 is 0 Å². The summed E-state index contributed by atoms with van der Waals surface area (Å²) in [5.74, 6) is -0.960. The largest absolute Gasteiger partial charge is 0.461 e. The van der Waals surface area contributed by atoms with Crippen LogP contribution in [0.3, 0.4) is 0 Å². The predicted molar refractivity (Wildman–Crippen MR) is 111 cm³/mol. The monoisotopic (exact) mass is 395 g/mol. The van der Waals surface area contributed by atoms with Gasteiger partial charge >= 0.3 is 12.1 Å². The van der Waals surface area contributed by atoms with E-state index < -0.39 is 17.7 Å². The highest BCUT2D eigenvalue weighted by Gasteiger charge is 2.15. The Balaban J connectivity index is 1.77. The fourth-order valence-corrected chi connectivity index (χ4v) is 2.36. The number of amides is 1. The van der Waals surface area contributed by atoms with Crippen LogP contribution in [0.25, 0.3) is 11.1 Å². The first kappa shape index (κ1) is 21.9. The maximum Gasteiger partial charge on any atom is 0.407 e. The van der Waals surface area contributed by atoms with Crippen molar-refractivity contribution in [2.24, 2.45) is 0 Å². The molecule has 152 valence electrons. The van der Waals surface area contributed by atoms with Gasteiger partial charge in [0.2, 0.25) is 0 Å². The average Bonchev–Trinajstić information content (AvgIpc) is 2.69. The number of benzene rings is 2. The molecule has 29 heavy (non-hydrogen) atoms. The highest BCUT2D eigenvalue weighted by Crippen LogP contribution is 2.19. The number of carbonyl (C=O) groups excluding carboxylic acids is 3. The number of allylic oxidation sites excluding steroid dienone is 1. The Hall–Kier alpha value is -3.41. The van der Waals surface area contributed by atoms with Crippen LogP contribution in [-0.4, -0.2) is 36.6 Å². The summed E-state index contributed by atoms with van der Waals surface area (Å²) < 4.78 is 10.00. The number of alkyl carbamates (subject to hydrolysis) is 1. The van der Waals surface area contributed by atoms with E-state index in [1.807, 2.05) is 42.5 Å². The van der Waals surface area contributed by atoms with Crippen LogP contribution in [0.4, 0.5) is 4.79 Å². The molecular weight excluding hydrogens is 370 g/mol. The van der Waals surface area contributed by atoms with Gasteiger partial charge in [0.1, 0.15) is 12.2 Å². The smallest absolute Gasteiger partial charge is 0.407 e. The lowest BCUT2D eigenvalue weighted by Gasteiger charge is -2.19. The van der Waals surface area contributed by atoms with Crippen LogP contribution in [0.5, 0.6) is 0 Å². The molecule has 1 N–H and O–H groups in total. The molecule has 0 atom stereocenters. The molecule has 0 saturated heterocycles. The van der Waals surface area contributed by atoms with Gasteiger partial charge in [0.05, 0.1) is 6.54 Å².